The van der Waals surface area contributed by atoms with Crippen LogP contribution in [0.3, 0.4) is 0 Å². The summed E-state index contributed by atoms with van der Waals surface area (Å²) in [7, 11) is 0. The third-order valence-corrected chi connectivity index (χ3v) is 6.85. The third-order valence-electron chi connectivity index (χ3n) is 6.85. The van der Waals surface area contributed by atoms with Crippen LogP contribution >= 0.6 is 0 Å². The summed E-state index contributed by atoms with van der Waals surface area (Å²) in [5.74, 6) is 1.07. The van der Waals surface area contributed by atoms with Gasteiger partial charge in [0, 0.05) is 11.3 Å². The highest BCUT2D eigenvalue weighted by molar-refractivity contribution is 5.86. The minimum absolute atomic E-state index is 0.779. The van der Waals surface area contributed by atoms with Crippen LogP contribution in [0.15, 0.2) is 18.2 Å². The van der Waals surface area contributed by atoms with Crippen molar-refractivity contribution in [2.45, 2.75) is 119 Å². The van der Waals surface area contributed by atoms with Crippen molar-refractivity contribution in [1.82, 2.24) is 0 Å². The van der Waals surface area contributed by atoms with Crippen molar-refractivity contribution in [3.63, 3.8) is 0 Å². The summed E-state index contributed by atoms with van der Waals surface area (Å²) in [6, 6.07) is 6.70. The van der Waals surface area contributed by atoms with Crippen LogP contribution in [0.25, 0.3) is 11.1 Å². The summed E-state index contributed by atoms with van der Waals surface area (Å²) in [6.07, 6.45) is 14.9. The van der Waals surface area contributed by atoms with Gasteiger partial charge in [-0.05, 0) is 110 Å². The van der Waals surface area contributed by atoms with E-state index in [4.69, 9.17) is 10.5 Å². The molecule has 0 atom stereocenters. The Morgan fingerprint density at radius 2 is 1.33 bits per heavy atom. The van der Waals surface area contributed by atoms with E-state index < -0.39 is 0 Å². The van der Waals surface area contributed by atoms with Gasteiger partial charge in [-0.3, -0.25) is 0 Å². The van der Waals surface area contributed by atoms with E-state index in [0.29, 0.717) is 0 Å². The normalized spacial score (nSPS) is 14.1. The molecule has 33 heavy (non-hydrogen) atoms. The molecule has 0 amide bonds. The number of nitrogens with two attached hydrogens (primary N) is 1. The molecule has 2 aliphatic rings. The van der Waals surface area contributed by atoms with Gasteiger partial charge in [0.15, 0.2) is 0 Å². The van der Waals surface area contributed by atoms with E-state index in [1.54, 1.807) is 0 Å². The van der Waals surface area contributed by atoms with E-state index >= 15 is 0 Å². The highest BCUT2D eigenvalue weighted by Gasteiger charge is 2.25. The van der Waals surface area contributed by atoms with Gasteiger partial charge < -0.3 is 10.5 Å². The quantitative estimate of drug-likeness (QED) is 0.445. The molecule has 2 aromatic rings. The molecule has 4 rings (SSSR count). The fourth-order valence-corrected chi connectivity index (χ4v) is 5.18. The van der Waals surface area contributed by atoms with Crippen LogP contribution in [-0.4, -0.2) is 6.61 Å². The minimum Gasteiger partial charge on any atom is -0.493 e. The minimum atomic E-state index is 0.779. The van der Waals surface area contributed by atoms with Crippen molar-refractivity contribution in [2.24, 2.45) is 0 Å². The number of hydrogen-bond donors (Lipinski definition) is 1. The molecule has 0 heterocycles. The first kappa shape index (κ1) is 27.3. The van der Waals surface area contributed by atoms with Crippen molar-refractivity contribution >= 4 is 5.69 Å². The molecule has 0 aromatic heterocycles. The molecule has 0 fully saturated rings. The zero-order valence-electron chi connectivity index (χ0n) is 22.4. The maximum atomic E-state index is 6.59. The average molecular weight is 452 g/mol. The zero-order valence-corrected chi connectivity index (χ0v) is 22.4. The topological polar surface area (TPSA) is 35.2 Å². The maximum absolute atomic E-state index is 6.59. The van der Waals surface area contributed by atoms with Crippen LogP contribution in [0.2, 0.25) is 0 Å². The molecule has 0 spiro atoms. The number of aryl methyl sites for hydroxylation is 2. The van der Waals surface area contributed by atoms with E-state index in [0.717, 1.165) is 30.9 Å². The van der Waals surface area contributed by atoms with Crippen molar-refractivity contribution in [2.75, 3.05) is 12.3 Å². The Morgan fingerprint density at radius 1 is 0.758 bits per heavy atom. The lowest BCUT2D eigenvalue weighted by Gasteiger charge is -2.28. The number of hydrogen-bond acceptors (Lipinski definition) is 2. The molecule has 2 N–H and O–H groups in total. The predicted molar refractivity (Wildman–Crippen MR) is 147 cm³/mol. The van der Waals surface area contributed by atoms with Gasteiger partial charge in [-0.15, -0.1) is 0 Å². The number of unbranched alkanes of at least 4 members (excludes halogenated alkanes) is 2. The molecule has 0 saturated carbocycles. The third kappa shape index (κ3) is 6.78. The number of fused-ring (bicyclic) bond motifs is 2. The lowest BCUT2D eigenvalue weighted by atomic mass is 9.78. The SMILES string of the molecule is CC.CCCCC.CCCOc1cc2c(c(-c3c(N)ccc4c3CCCC4)c1C)CCCC2. The second-order valence-corrected chi connectivity index (χ2v) is 9.30. The van der Waals surface area contributed by atoms with Crippen LogP contribution < -0.4 is 10.5 Å². The predicted octanol–water partition coefficient (Wildman–Crippen LogP) is 9.01. The molecule has 2 nitrogen and oxygen atoms in total. The smallest absolute Gasteiger partial charge is 0.123 e. The molecule has 0 aliphatic heterocycles. The lowest BCUT2D eigenvalue weighted by molar-refractivity contribution is 0.315. The number of ether oxygens (including phenoxy) is 1. The second-order valence-electron chi connectivity index (χ2n) is 9.30. The van der Waals surface area contributed by atoms with Crippen molar-refractivity contribution in [3.8, 4) is 16.9 Å². The first-order valence-corrected chi connectivity index (χ1v) is 13.8. The molecule has 184 valence electrons. The van der Waals surface area contributed by atoms with Gasteiger partial charge in [0.2, 0.25) is 0 Å². The number of anilines is 1. The molecule has 0 saturated heterocycles. The van der Waals surface area contributed by atoms with Crippen molar-refractivity contribution in [3.05, 3.63) is 46.0 Å². The maximum Gasteiger partial charge on any atom is 0.123 e. The van der Waals surface area contributed by atoms with E-state index in [2.05, 4.69) is 45.9 Å². The molecule has 0 bridgehead atoms. The Labute approximate surface area is 204 Å². The summed E-state index contributed by atoms with van der Waals surface area (Å²) >= 11 is 0. The first-order chi connectivity index (χ1) is 16.1. The van der Waals surface area contributed by atoms with Gasteiger partial charge in [-0.25, -0.2) is 0 Å². The number of rotatable bonds is 6. The van der Waals surface area contributed by atoms with E-state index in [1.807, 2.05) is 13.8 Å². The van der Waals surface area contributed by atoms with Gasteiger partial charge in [-0.2, -0.15) is 0 Å². The van der Waals surface area contributed by atoms with Gasteiger partial charge in [0.05, 0.1) is 6.61 Å². The van der Waals surface area contributed by atoms with E-state index in [-0.39, 0.29) is 0 Å². The standard InChI is InChI=1S/C24H31NO.C5H12.C2H6/c1-3-14-26-22-15-18-9-5-7-11-20(18)23(16(22)2)24-19-10-6-4-8-17(19)12-13-21(24)25;1-3-5-4-2;1-2/h12-13,15H,3-11,14,25H2,1-2H3;3-5H2,1-2H3;1-2H3. The molecular formula is C31H49NO. The Hall–Kier alpha value is -1.96. The summed E-state index contributed by atoms with van der Waals surface area (Å²) in [5.41, 5.74) is 17.5. The lowest BCUT2D eigenvalue weighted by Crippen LogP contribution is -2.12. The Balaban J connectivity index is 0.000000489. The monoisotopic (exact) mass is 451 g/mol. The second kappa shape index (κ2) is 14.3. The highest BCUT2D eigenvalue weighted by atomic mass is 16.5. The van der Waals surface area contributed by atoms with Gasteiger partial charge in [0.1, 0.15) is 5.75 Å². The molecule has 0 radical (unpaired) electrons. The summed E-state index contributed by atoms with van der Waals surface area (Å²) < 4.78 is 6.16. The molecule has 0 unspecified atom stereocenters. The average Bonchev–Trinajstić information content (AvgIpc) is 2.86. The fraction of sp³-hybridized carbons (Fsp3) is 0.613. The van der Waals surface area contributed by atoms with Crippen LogP contribution in [0, 0.1) is 6.92 Å². The van der Waals surface area contributed by atoms with Gasteiger partial charge in [-0.1, -0.05) is 59.9 Å². The van der Waals surface area contributed by atoms with Crippen LogP contribution in [-0.2, 0) is 25.7 Å². The summed E-state index contributed by atoms with van der Waals surface area (Å²) in [6.45, 7) is 13.6. The number of nitrogen functional groups attached to an aromatic ring is 1. The molecule has 2 aromatic carbocycles. The summed E-state index contributed by atoms with van der Waals surface area (Å²) in [4.78, 5) is 0. The van der Waals surface area contributed by atoms with Gasteiger partial charge >= 0.3 is 0 Å². The largest absolute Gasteiger partial charge is 0.493 e. The van der Waals surface area contributed by atoms with Crippen molar-refractivity contribution in [1.29, 1.82) is 0 Å². The van der Waals surface area contributed by atoms with Gasteiger partial charge in [0.25, 0.3) is 0 Å². The Morgan fingerprint density at radius 3 is 1.91 bits per heavy atom. The number of benzene rings is 2. The van der Waals surface area contributed by atoms with Crippen LogP contribution in [0.5, 0.6) is 5.75 Å². The molecular weight excluding hydrogens is 402 g/mol. The molecule has 2 aliphatic carbocycles. The Kier molecular flexibility index (Phi) is 11.9. The first-order valence-electron chi connectivity index (χ1n) is 13.8. The van der Waals surface area contributed by atoms with Crippen LogP contribution in [0.1, 0.15) is 114 Å². The van der Waals surface area contributed by atoms with E-state index in [1.165, 1.54) is 103 Å². The Bertz CT molecular complexity index is 866. The summed E-state index contributed by atoms with van der Waals surface area (Å²) in [5, 5.41) is 0. The molecule has 2 heteroatoms. The zero-order chi connectivity index (χ0) is 24.2. The van der Waals surface area contributed by atoms with Crippen molar-refractivity contribution < 1.29 is 4.74 Å². The van der Waals surface area contributed by atoms with Crippen LogP contribution in [0.4, 0.5) is 5.69 Å². The van der Waals surface area contributed by atoms with E-state index in [9.17, 15) is 0 Å². The fourth-order valence-electron chi connectivity index (χ4n) is 5.18. The highest BCUT2D eigenvalue weighted by Crippen LogP contribution is 2.44.